The van der Waals surface area contributed by atoms with Gasteiger partial charge in [-0.1, -0.05) is 17.7 Å². The van der Waals surface area contributed by atoms with Gasteiger partial charge in [-0.25, -0.2) is 4.39 Å². The molecule has 0 aliphatic heterocycles. The lowest BCUT2D eigenvalue weighted by Crippen LogP contribution is -2.40. The first kappa shape index (κ1) is 16.4. The van der Waals surface area contributed by atoms with Gasteiger partial charge < -0.3 is 10.4 Å². The first-order valence-electron chi connectivity index (χ1n) is 6.50. The lowest BCUT2D eigenvalue weighted by Gasteiger charge is -2.27. The standard InChI is InChI=1S/C15H23ClFNO/c1-14(2,3)18-8-7-15(4,19)10-11-5-6-12(16)13(17)9-11/h5-6,9,18-19H,7-8,10H2,1-4H3. The van der Waals surface area contributed by atoms with Crippen molar-refractivity contribution in [2.45, 2.75) is 51.7 Å². The molecule has 0 fully saturated rings. The maximum Gasteiger partial charge on any atom is 0.142 e. The second kappa shape index (κ2) is 6.21. The number of rotatable bonds is 5. The van der Waals surface area contributed by atoms with E-state index in [2.05, 4.69) is 26.1 Å². The summed E-state index contributed by atoms with van der Waals surface area (Å²) in [5.41, 5.74) is -0.0799. The van der Waals surface area contributed by atoms with Crippen LogP contribution in [-0.2, 0) is 6.42 Å². The summed E-state index contributed by atoms with van der Waals surface area (Å²) in [4.78, 5) is 0. The largest absolute Gasteiger partial charge is 0.390 e. The zero-order valence-electron chi connectivity index (χ0n) is 12.1. The van der Waals surface area contributed by atoms with Gasteiger partial charge in [-0.05, 0) is 58.4 Å². The first-order chi connectivity index (χ1) is 8.59. The molecule has 1 aromatic carbocycles. The van der Waals surface area contributed by atoms with E-state index in [0.717, 1.165) is 5.56 Å². The Bertz CT molecular complexity index is 427. The molecule has 0 heterocycles. The molecule has 0 spiro atoms. The molecular weight excluding hydrogens is 265 g/mol. The number of aliphatic hydroxyl groups is 1. The minimum Gasteiger partial charge on any atom is -0.390 e. The molecule has 108 valence electrons. The Kier molecular flexibility index (Phi) is 5.36. The fourth-order valence-corrected chi connectivity index (χ4v) is 2.00. The van der Waals surface area contributed by atoms with Crippen molar-refractivity contribution in [2.24, 2.45) is 0 Å². The summed E-state index contributed by atoms with van der Waals surface area (Å²) >= 11 is 5.64. The summed E-state index contributed by atoms with van der Waals surface area (Å²) in [6, 6.07) is 4.65. The zero-order valence-corrected chi connectivity index (χ0v) is 12.8. The summed E-state index contributed by atoms with van der Waals surface area (Å²) in [5.74, 6) is -0.442. The van der Waals surface area contributed by atoms with E-state index in [0.29, 0.717) is 19.4 Å². The summed E-state index contributed by atoms with van der Waals surface area (Å²) in [5, 5.41) is 13.8. The van der Waals surface area contributed by atoms with Gasteiger partial charge in [0.2, 0.25) is 0 Å². The van der Waals surface area contributed by atoms with Crippen LogP contribution < -0.4 is 5.32 Å². The van der Waals surface area contributed by atoms with Crippen molar-refractivity contribution < 1.29 is 9.50 Å². The van der Waals surface area contributed by atoms with Crippen LogP contribution in [-0.4, -0.2) is 22.8 Å². The lowest BCUT2D eigenvalue weighted by atomic mass is 9.93. The third-order valence-corrected chi connectivity index (χ3v) is 3.19. The van der Waals surface area contributed by atoms with Crippen molar-refractivity contribution >= 4 is 11.6 Å². The SMILES string of the molecule is CC(O)(CCNC(C)(C)C)Cc1ccc(Cl)c(F)c1. The van der Waals surface area contributed by atoms with Gasteiger partial charge in [0.15, 0.2) is 0 Å². The highest BCUT2D eigenvalue weighted by Crippen LogP contribution is 2.21. The molecule has 0 saturated heterocycles. The molecule has 0 radical (unpaired) electrons. The maximum atomic E-state index is 13.3. The molecule has 2 nitrogen and oxygen atoms in total. The van der Waals surface area contributed by atoms with Crippen LogP contribution in [0.5, 0.6) is 0 Å². The quantitative estimate of drug-likeness (QED) is 0.868. The number of halogens is 2. The highest BCUT2D eigenvalue weighted by molar-refractivity contribution is 6.30. The molecule has 0 aliphatic rings. The van der Waals surface area contributed by atoms with E-state index in [4.69, 9.17) is 11.6 Å². The molecule has 0 aliphatic carbocycles. The molecular formula is C15H23ClFNO. The van der Waals surface area contributed by atoms with Crippen molar-refractivity contribution in [3.63, 3.8) is 0 Å². The number of hydrogen-bond acceptors (Lipinski definition) is 2. The Labute approximate surface area is 120 Å². The molecule has 0 aromatic heterocycles. The second-order valence-corrected chi connectivity index (χ2v) is 6.76. The minimum atomic E-state index is -0.863. The molecule has 1 unspecified atom stereocenters. The smallest absolute Gasteiger partial charge is 0.142 e. The van der Waals surface area contributed by atoms with Crippen molar-refractivity contribution in [1.29, 1.82) is 0 Å². The maximum absolute atomic E-state index is 13.3. The van der Waals surface area contributed by atoms with Gasteiger partial charge in [-0.3, -0.25) is 0 Å². The summed E-state index contributed by atoms with van der Waals surface area (Å²) < 4.78 is 13.3. The van der Waals surface area contributed by atoms with Crippen molar-refractivity contribution in [3.8, 4) is 0 Å². The van der Waals surface area contributed by atoms with E-state index in [1.807, 2.05) is 0 Å². The average molecular weight is 288 g/mol. The predicted octanol–water partition coefficient (Wildman–Crippen LogP) is 3.55. The van der Waals surface area contributed by atoms with Gasteiger partial charge in [-0.2, -0.15) is 0 Å². The molecule has 19 heavy (non-hydrogen) atoms. The van der Waals surface area contributed by atoms with Gasteiger partial charge in [0, 0.05) is 12.0 Å². The highest BCUT2D eigenvalue weighted by Gasteiger charge is 2.22. The molecule has 0 amide bonds. The van der Waals surface area contributed by atoms with Crippen LogP contribution in [0.4, 0.5) is 4.39 Å². The normalized spacial score (nSPS) is 15.3. The van der Waals surface area contributed by atoms with Crippen LogP contribution in [0.2, 0.25) is 5.02 Å². The Hall–Kier alpha value is -0.640. The molecule has 1 aromatic rings. The fraction of sp³-hybridized carbons (Fsp3) is 0.600. The second-order valence-electron chi connectivity index (χ2n) is 6.35. The van der Waals surface area contributed by atoms with Gasteiger partial charge in [-0.15, -0.1) is 0 Å². The van der Waals surface area contributed by atoms with Crippen molar-refractivity contribution in [3.05, 3.63) is 34.6 Å². The van der Waals surface area contributed by atoms with Crippen LogP contribution in [0.1, 0.15) is 39.7 Å². The first-order valence-corrected chi connectivity index (χ1v) is 6.88. The topological polar surface area (TPSA) is 32.3 Å². The van der Waals surface area contributed by atoms with Crippen LogP contribution >= 0.6 is 11.6 Å². The zero-order chi connectivity index (χ0) is 14.7. The molecule has 2 N–H and O–H groups in total. The Morgan fingerprint density at radius 2 is 1.89 bits per heavy atom. The van der Waals surface area contributed by atoms with E-state index >= 15 is 0 Å². The van der Waals surface area contributed by atoms with Crippen LogP contribution in [0.3, 0.4) is 0 Å². The van der Waals surface area contributed by atoms with Gasteiger partial charge in [0.05, 0.1) is 10.6 Å². The summed E-state index contributed by atoms with van der Waals surface area (Å²) in [6.07, 6.45) is 1.02. The third kappa shape index (κ3) is 6.37. The molecule has 0 saturated carbocycles. The minimum absolute atomic E-state index is 0.0302. The number of nitrogens with one attached hydrogen (secondary N) is 1. The highest BCUT2D eigenvalue weighted by atomic mass is 35.5. The van der Waals surface area contributed by atoms with Crippen LogP contribution in [0, 0.1) is 5.82 Å². The third-order valence-electron chi connectivity index (χ3n) is 2.89. The van der Waals surface area contributed by atoms with E-state index in [1.165, 1.54) is 12.1 Å². The van der Waals surface area contributed by atoms with E-state index in [1.54, 1.807) is 13.0 Å². The Morgan fingerprint density at radius 1 is 1.26 bits per heavy atom. The Balaban J connectivity index is 2.56. The van der Waals surface area contributed by atoms with Crippen molar-refractivity contribution in [2.75, 3.05) is 6.54 Å². The number of benzene rings is 1. The summed E-state index contributed by atoms with van der Waals surface area (Å²) in [7, 11) is 0. The molecule has 1 atom stereocenters. The van der Waals surface area contributed by atoms with Crippen LogP contribution in [0.25, 0.3) is 0 Å². The van der Waals surface area contributed by atoms with E-state index < -0.39 is 11.4 Å². The average Bonchev–Trinajstić information content (AvgIpc) is 2.20. The van der Waals surface area contributed by atoms with Gasteiger partial charge in [0.25, 0.3) is 0 Å². The van der Waals surface area contributed by atoms with E-state index in [-0.39, 0.29) is 10.6 Å². The summed E-state index contributed by atoms with van der Waals surface area (Å²) in [6.45, 7) is 8.72. The Morgan fingerprint density at radius 3 is 2.42 bits per heavy atom. The van der Waals surface area contributed by atoms with Crippen LogP contribution in [0.15, 0.2) is 18.2 Å². The molecule has 1 rings (SSSR count). The number of hydrogen-bond donors (Lipinski definition) is 2. The van der Waals surface area contributed by atoms with E-state index in [9.17, 15) is 9.50 Å². The van der Waals surface area contributed by atoms with Gasteiger partial charge >= 0.3 is 0 Å². The fourth-order valence-electron chi connectivity index (χ4n) is 1.88. The van der Waals surface area contributed by atoms with Crippen molar-refractivity contribution in [1.82, 2.24) is 5.32 Å². The van der Waals surface area contributed by atoms with Gasteiger partial charge in [0.1, 0.15) is 5.82 Å². The lowest BCUT2D eigenvalue weighted by molar-refractivity contribution is 0.0499. The predicted molar refractivity (Wildman–Crippen MR) is 78.1 cm³/mol. The molecule has 0 bridgehead atoms. The monoisotopic (exact) mass is 287 g/mol. The molecule has 4 heteroatoms.